The molecule has 1 fully saturated rings. The maximum atomic E-state index is 13.6. The number of rotatable bonds is 7. The fourth-order valence-corrected chi connectivity index (χ4v) is 5.21. The first-order valence-corrected chi connectivity index (χ1v) is 11.6. The Morgan fingerprint density at radius 2 is 1.94 bits per heavy atom. The highest BCUT2D eigenvalue weighted by Crippen LogP contribution is 2.43. The molecule has 1 aliphatic heterocycles. The number of halogens is 3. The summed E-state index contributed by atoms with van der Waals surface area (Å²) >= 11 is 1.12. The highest BCUT2D eigenvalue weighted by Gasteiger charge is 2.40. The quantitative estimate of drug-likeness (QED) is 0.387. The van der Waals surface area contributed by atoms with Crippen LogP contribution in [-0.2, 0) is 11.6 Å². The average Bonchev–Trinajstić information content (AvgIpc) is 2.77. The number of alkyl halides is 3. The Hall–Kier alpha value is -2.19. The second kappa shape index (κ2) is 9.75. The predicted molar refractivity (Wildman–Crippen MR) is 120 cm³/mol. The standard InChI is InChI=1S/C24H28F3NO3S/c1-28-10-6-9-23(15-28,16-7-5-8-18(11-16)30-2)14-19(29)22-20(31-3)12-17(24(25,26)27)13-21(22)32-4/h5,7-8,11-13H,6,9-10,14-15H2,1-4H3. The number of Topliss-reactive ketones (excluding diaryl/α,β-unsaturated/α-hetero) is 1. The predicted octanol–water partition coefficient (Wildman–Crippen LogP) is 5.68. The number of ketones is 1. The molecule has 1 aliphatic rings. The lowest BCUT2D eigenvalue weighted by Gasteiger charge is -2.42. The number of benzene rings is 2. The van der Waals surface area contributed by atoms with E-state index in [2.05, 4.69) is 4.90 Å². The Bertz CT molecular complexity index is 954. The minimum atomic E-state index is -4.52. The Balaban J connectivity index is 2.07. The summed E-state index contributed by atoms with van der Waals surface area (Å²) in [6, 6.07) is 9.65. The maximum Gasteiger partial charge on any atom is 0.416 e. The first-order chi connectivity index (χ1) is 15.1. The molecule has 2 aromatic rings. The van der Waals surface area contributed by atoms with Gasteiger partial charge >= 0.3 is 6.18 Å². The fraction of sp³-hybridized carbons (Fsp3) is 0.458. The van der Waals surface area contributed by atoms with E-state index in [4.69, 9.17) is 9.47 Å². The normalized spacial score (nSPS) is 19.6. The van der Waals surface area contributed by atoms with Crippen LogP contribution in [0.25, 0.3) is 0 Å². The number of thioether (sulfide) groups is 1. The molecule has 1 saturated heterocycles. The van der Waals surface area contributed by atoms with Gasteiger partial charge in [-0.3, -0.25) is 4.79 Å². The summed E-state index contributed by atoms with van der Waals surface area (Å²) in [5.41, 5.74) is -0.0888. The molecule has 0 saturated carbocycles. The molecule has 174 valence electrons. The van der Waals surface area contributed by atoms with Crippen LogP contribution in [0, 0.1) is 0 Å². The molecule has 4 nitrogen and oxygen atoms in total. The molecule has 0 spiro atoms. The number of carbonyl (C=O) groups excluding carboxylic acids is 1. The molecular weight excluding hydrogens is 439 g/mol. The van der Waals surface area contributed by atoms with E-state index in [0.717, 1.165) is 48.8 Å². The zero-order chi connectivity index (χ0) is 23.5. The minimum Gasteiger partial charge on any atom is -0.497 e. The Morgan fingerprint density at radius 1 is 1.19 bits per heavy atom. The van der Waals surface area contributed by atoms with Crippen molar-refractivity contribution < 1.29 is 27.4 Å². The summed E-state index contributed by atoms with van der Waals surface area (Å²) in [5, 5.41) is 0. The van der Waals surface area contributed by atoms with Gasteiger partial charge in [-0.15, -0.1) is 11.8 Å². The largest absolute Gasteiger partial charge is 0.497 e. The third-order valence-electron chi connectivity index (χ3n) is 6.06. The number of hydrogen-bond acceptors (Lipinski definition) is 5. The lowest BCUT2D eigenvalue weighted by atomic mass is 9.70. The smallest absolute Gasteiger partial charge is 0.416 e. The molecule has 0 amide bonds. The van der Waals surface area contributed by atoms with Gasteiger partial charge in [0, 0.05) is 23.3 Å². The van der Waals surface area contributed by atoms with Crippen molar-refractivity contribution >= 4 is 17.5 Å². The molecule has 0 bridgehead atoms. The van der Waals surface area contributed by atoms with Crippen molar-refractivity contribution in [2.75, 3.05) is 40.6 Å². The van der Waals surface area contributed by atoms with Crippen molar-refractivity contribution in [3.63, 3.8) is 0 Å². The highest BCUT2D eigenvalue weighted by molar-refractivity contribution is 7.98. The third kappa shape index (κ3) is 5.07. The number of likely N-dealkylation sites (tertiary alicyclic amines) is 1. The molecule has 1 unspecified atom stereocenters. The second-order valence-corrected chi connectivity index (χ2v) is 9.06. The lowest BCUT2D eigenvalue weighted by Crippen LogP contribution is -2.45. The Morgan fingerprint density at radius 3 is 2.53 bits per heavy atom. The van der Waals surface area contributed by atoms with E-state index in [1.54, 1.807) is 13.4 Å². The summed E-state index contributed by atoms with van der Waals surface area (Å²) in [7, 11) is 4.91. The fourth-order valence-electron chi connectivity index (χ4n) is 4.54. The summed E-state index contributed by atoms with van der Waals surface area (Å²) in [4.78, 5) is 16.1. The number of likely N-dealkylation sites (N-methyl/N-ethyl adjacent to an activating group) is 1. The number of ether oxygens (including phenoxy) is 2. The molecule has 1 atom stereocenters. The van der Waals surface area contributed by atoms with Crippen molar-refractivity contribution in [1.82, 2.24) is 4.90 Å². The number of carbonyl (C=O) groups is 1. The topological polar surface area (TPSA) is 38.8 Å². The highest BCUT2D eigenvalue weighted by atomic mass is 32.2. The van der Waals surface area contributed by atoms with E-state index < -0.39 is 17.2 Å². The van der Waals surface area contributed by atoms with Gasteiger partial charge in [0.15, 0.2) is 5.78 Å². The summed E-state index contributed by atoms with van der Waals surface area (Å²) in [6.07, 6.45) is -0.973. The van der Waals surface area contributed by atoms with Gasteiger partial charge in [-0.2, -0.15) is 13.2 Å². The summed E-state index contributed by atoms with van der Waals surface area (Å²) in [5.74, 6) is 0.441. The Kier molecular flexibility index (Phi) is 7.45. The van der Waals surface area contributed by atoms with Gasteiger partial charge in [0.05, 0.1) is 25.3 Å². The van der Waals surface area contributed by atoms with Gasteiger partial charge < -0.3 is 14.4 Å². The van der Waals surface area contributed by atoms with E-state index in [-0.39, 0.29) is 28.4 Å². The van der Waals surface area contributed by atoms with E-state index in [9.17, 15) is 18.0 Å². The molecule has 0 aromatic heterocycles. The van der Waals surface area contributed by atoms with Crippen LogP contribution in [0.3, 0.4) is 0 Å². The molecule has 0 aliphatic carbocycles. The van der Waals surface area contributed by atoms with Crippen LogP contribution in [0.15, 0.2) is 41.3 Å². The van der Waals surface area contributed by atoms with Crippen LogP contribution >= 0.6 is 11.8 Å². The number of piperidine rings is 1. The summed E-state index contributed by atoms with van der Waals surface area (Å²) in [6.45, 7) is 1.60. The van der Waals surface area contributed by atoms with Gasteiger partial charge in [0.2, 0.25) is 0 Å². The SMILES string of the molecule is COc1cccc(C2(CC(=O)c3c(OC)cc(C(F)(F)F)cc3SC)CCCN(C)C2)c1. The molecule has 0 radical (unpaired) electrons. The van der Waals surface area contributed by atoms with Gasteiger partial charge in [0.25, 0.3) is 0 Å². The zero-order valence-corrected chi connectivity index (χ0v) is 19.5. The summed E-state index contributed by atoms with van der Waals surface area (Å²) < 4.78 is 50.7. The second-order valence-electron chi connectivity index (χ2n) is 8.21. The van der Waals surface area contributed by atoms with Crippen LogP contribution in [0.4, 0.5) is 13.2 Å². The maximum absolute atomic E-state index is 13.6. The van der Waals surface area contributed by atoms with Gasteiger partial charge in [-0.1, -0.05) is 12.1 Å². The monoisotopic (exact) mass is 467 g/mol. The van der Waals surface area contributed by atoms with Crippen molar-refractivity contribution in [3.8, 4) is 11.5 Å². The van der Waals surface area contributed by atoms with Crippen LogP contribution in [0.5, 0.6) is 11.5 Å². The first-order valence-electron chi connectivity index (χ1n) is 10.3. The molecule has 0 N–H and O–H groups in total. The van der Waals surface area contributed by atoms with Crippen LogP contribution in [0.2, 0.25) is 0 Å². The third-order valence-corrected chi connectivity index (χ3v) is 6.82. The lowest BCUT2D eigenvalue weighted by molar-refractivity contribution is -0.137. The van der Waals surface area contributed by atoms with Crippen molar-refractivity contribution in [1.29, 1.82) is 0 Å². The van der Waals surface area contributed by atoms with Crippen LogP contribution in [-0.4, -0.2) is 51.3 Å². The molecule has 8 heteroatoms. The molecule has 2 aromatic carbocycles. The molecule has 3 rings (SSSR count). The molecule has 1 heterocycles. The zero-order valence-electron chi connectivity index (χ0n) is 18.7. The van der Waals surface area contributed by atoms with Crippen LogP contribution in [0.1, 0.15) is 40.7 Å². The van der Waals surface area contributed by atoms with Crippen molar-refractivity contribution in [2.24, 2.45) is 0 Å². The van der Waals surface area contributed by atoms with Crippen molar-refractivity contribution in [3.05, 3.63) is 53.1 Å². The minimum absolute atomic E-state index is 0.0425. The van der Waals surface area contributed by atoms with Gasteiger partial charge in [-0.25, -0.2) is 0 Å². The molecular formula is C24H28F3NO3S. The number of hydrogen-bond donors (Lipinski definition) is 0. The average molecular weight is 468 g/mol. The van der Waals surface area contributed by atoms with E-state index >= 15 is 0 Å². The van der Waals surface area contributed by atoms with Gasteiger partial charge in [-0.05, 0) is 62.5 Å². The number of nitrogens with zero attached hydrogens (tertiary/aromatic N) is 1. The Labute approximate surface area is 191 Å². The first kappa shape index (κ1) is 24.5. The van der Waals surface area contributed by atoms with Gasteiger partial charge in [0.1, 0.15) is 11.5 Å². The van der Waals surface area contributed by atoms with Crippen molar-refractivity contribution in [2.45, 2.75) is 35.7 Å². The van der Waals surface area contributed by atoms with E-state index in [1.165, 1.54) is 7.11 Å². The van der Waals surface area contributed by atoms with E-state index in [1.807, 2.05) is 31.3 Å². The van der Waals surface area contributed by atoms with Crippen LogP contribution < -0.4 is 9.47 Å². The molecule has 32 heavy (non-hydrogen) atoms. The van der Waals surface area contributed by atoms with E-state index in [0.29, 0.717) is 12.3 Å². The number of methoxy groups -OCH3 is 2.